The van der Waals surface area contributed by atoms with Gasteiger partial charge in [-0.3, -0.25) is 4.90 Å². The molecule has 1 N–H and O–H groups in total. The van der Waals surface area contributed by atoms with Gasteiger partial charge in [-0.2, -0.15) is 0 Å². The van der Waals surface area contributed by atoms with Crippen LogP contribution in [0, 0.1) is 17.6 Å². The monoisotopic (exact) mass is 296 g/mol. The number of hydrogen-bond donors (Lipinski definition) is 1. The van der Waals surface area contributed by atoms with Gasteiger partial charge < -0.3 is 5.32 Å². The Labute approximate surface area is 126 Å². The summed E-state index contributed by atoms with van der Waals surface area (Å²) in [5, 5.41) is 3.30. The summed E-state index contributed by atoms with van der Waals surface area (Å²) in [6.45, 7) is 8.98. The zero-order valence-electron chi connectivity index (χ0n) is 13.2. The van der Waals surface area contributed by atoms with E-state index in [1.54, 1.807) is 12.1 Å². The van der Waals surface area contributed by atoms with Crippen LogP contribution in [0.1, 0.15) is 45.2 Å². The average molecular weight is 296 g/mol. The number of hydrogen-bond acceptors (Lipinski definition) is 2. The second kappa shape index (κ2) is 7.32. The molecule has 4 heteroatoms. The van der Waals surface area contributed by atoms with Crippen molar-refractivity contribution in [3.05, 3.63) is 35.4 Å². The highest BCUT2D eigenvalue weighted by Crippen LogP contribution is 2.26. The van der Waals surface area contributed by atoms with E-state index >= 15 is 0 Å². The van der Waals surface area contributed by atoms with Crippen LogP contribution in [0.5, 0.6) is 0 Å². The third-order valence-electron chi connectivity index (χ3n) is 4.50. The summed E-state index contributed by atoms with van der Waals surface area (Å²) in [5.74, 6) is -0.739. The molecule has 1 aliphatic rings. The summed E-state index contributed by atoms with van der Waals surface area (Å²) in [7, 11) is 0. The minimum absolute atomic E-state index is 0.165. The minimum atomic E-state index is -0.768. The summed E-state index contributed by atoms with van der Waals surface area (Å²) < 4.78 is 27.5. The molecule has 0 bridgehead atoms. The average Bonchev–Trinajstić information content (AvgIpc) is 2.44. The lowest BCUT2D eigenvalue weighted by Gasteiger charge is -2.38. The maximum atomic E-state index is 14.1. The standard InChI is InChI=1S/C17H26F2N2/c1-4-20-16(14-6-5-7-15(18)17(14)19)11-21-9-8-12(2)10-13(21)3/h5-7,12-13,16,20H,4,8-11H2,1-3H3. The first-order chi connectivity index (χ1) is 10.0. The van der Waals surface area contributed by atoms with Gasteiger partial charge in [0.1, 0.15) is 0 Å². The van der Waals surface area contributed by atoms with E-state index in [4.69, 9.17) is 0 Å². The van der Waals surface area contributed by atoms with Gasteiger partial charge in [0.2, 0.25) is 0 Å². The lowest BCUT2D eigenvalue weighted by atomic mass is 9.92. The Hall–Kier alpha value is -1.00. The number of nitrogens with one attached hydrogen (secondary N) is 1. The summed E-state index contributed by atoms with van der Waals surface area (Å²) in [5.41, 5.74) is 0.433. The fraction of sp³-hybridized carbons (Fsp3) is 0.647. The highest BCUT2D eigenvalue weighted by atomic mass is 19.2. The molecule has 1 aliphatic heterocycles. The van der Waals surface area contributed by atoms with E-state index in [2.05, 4.69) is 24.1 Å². The van der Waals surface area contributed by atoms with Crippen molar-refractivity contribution in [2.45, 2.75) is 45.7 Å². The van der Waals surface area contributed by atoms with Crippen molar-refractivity contribution in [1.82, 2.24) is 10.2 Å². The molecule has 0 aliphatic carbocycles. The van der Waals surface area contributed by atoms with Crippen molar-refractivity contribution in [3.8, 4) is 0 Å². The van der Waals surface area contributed by atoms with Gasteiger partial charge in [0.25, 0.3) is 0 Å². The van der Waals surface area contributed by atoms with Gasteiger partial charge in [-0.05, 0) is 44.8 Å². The van der Waals surface area contributed by atoms with Crippen LogP contribution in [0.4, 0.5) is 8.78 Å². The number of piperidine rings is 1. The van der Waals surface area contributed by atoms with Crippen LogP contribution in [0.15, 0.2) is 18.2 Å². The van der Waals surface area contributed by atoms with Crippen LogP contribution in [0.2, 0.25) is 0 Å². The molecule has 2 nitrogen and oxygen atoms in total. The molecule has 2 rings (SSSR count). The van der Waals surface area contributed by atoms with Crippen molar-refractivity contribution in [3.63, 3.8) is 0 Å². The zero-order valence-corrected chi connectivity index (χ0v) is 13.2. The predicted octanol–water partition coefficient (Wildman–Crippen LogP) is 3.74. The lowest BCUT2D eigenvalue weighted by Crippen LogP contribution is -2.45. The molecule has 21 heavy (non-hydrogen) atoms. The quantitative estimate of drug-likeness (QED) is 0.890. The molecule has 0 spiro atoms. The molecule has 0 saturated carbocycles. The summed E-state index contributed by atoms with van der Waals surface area (Å²) in [6, 6.07) is 4.77. The number of likely N-dealkylation sites (tertiary alicyclic amines) is 1. The van der Waals surface area contributed by atoms with Gasteiger partial charge in [-0.25, -0.2) is 8.78 Å². The molecule has 0 radical (unpaired) electrons. The molecular formula is C17H26F2N2. The van der Waals surface area contributed by atoms with Gasteiger partial charge in [0, 0.05) is 24.2 Å². The Kier molecular flexibility index (Phi) is 5.71. The fourth-order valence-corrected chi connectivity index (χ4v) is 3.27. The van der Waals surface area contributed by atoms with E-state index < -0.39 is 11.6 Å². The Bertz CT molecular complexity index is 464. The Balaban J connectivity index is 2.14. The smallest absolute Gasteiger partial charge is 0.163 e. The van der Waals surface area contributed by atoms with Crippen molar-refractivity contribution in [1.29, 1.82) is 0 Å². The van der Waals surface area contributed by atoms with Gasteiger partial charge in [0.05, 0.1) is 0 Å². The van der Waals surface area contributed by atoms with Crippen molar-refractivity contribution < 1.29 is 8.78 Å². The van der Waals surface area contributed by atoms with Crippen molar-refractivity contribution >= 4 is 0 Å². The predicted molar refractivity (Wildman–Crippen MR) is 82.2 cm³/mol. The largest absolute Gasteiger partial charge is 0.309 e. The van der Waals surface area contributed by atoms with E-state index in [9.17, 15) is 8.78 Å². The van der Waals surface area contributed by atoms with E-state index in [0.717, 1.165) is 25.6 Å². The van der Waals surface area contributed by atoms with Crippen LogP contribution in [0.3, 0.4) is 0 Å². The molecular weight excluding hydrogens is 270 g/mol. The molecule has 1 fully saturated rings. The van der Waals surface area contributed by atoms with Crippen LogP contribution in [-0.2, 0) is 0 Å². The molecule has 1 heterocycles. The number of likely N-dealkylation sites (N-methyl/N-ethyl adjacent to an activating group) is 1. The first kappa shape index (κ1) is 16.4. The van der Waals surface area contributed by atoms with Gasteiger partial charge in [-0.1, -0.05) is 26.0 Å². The summed E-state index contributed by atoms with van der Waals surface area (Å²) in [6.07, 6.45) is 2.35. The topological polar surface area (TPSA) is 15.3 Å². The zero-order chi connectivity index (χ0) is 15.4. The molecule has 1 aromatic rings. The Morgan fingerprint density at radius 1 is 1.33 bits per heavy atom. The van der Waals surface area contributed by atoms with E-state index in [1.807, 2.05) is 6.92 Å². The second-order valence-corrected chi connectivity index (χ2v) is 6.23. The molecule has 0 aromatic heterocycles. The summed E-state index contributed by atoms with van der Waals surface area (Å²) in [4.78, 5) is 2.39. The second-order valence-electron chi connectivity index (χ2n) is 6.23. The highest BCUT2D eigenvalue weighted by molar-refractivity contribution is 5.23. The van der Waals surface area contributed by atoms with E-state index in [1.165, 1.54) is 18.9 Å². The van der Waals surface area contributed by atoms with Crippen LogP contribution in [-0.4, -0.2) is 30.6 Å². The maximum Gasteiger partial charge on any atom is 0.163 e. The van der Waals surface area contributed by atoms with Gasteiger partial charge in [0.15, 0.2) is 11.6 Å². The first-order valence-corrected chi connectivity index (χ1v) is 7.94. The van der Waals surface area contributed by atoms with Crippen molar-refractivity contribution in [2.75, 3.05) is 19.6 Å². The maximum absolute atomic E-state index is 14.1. The minimum Gasteiger partial charge on any atom is -0.309 e. The lowest BCUT2D eigenvalue weighted by molar-refractivity contribution is 0.116. The highest BCUT2D eigenvalue weighted by Gasteiger charge is 2.27. The molecule has 1 saturated heterocycles. The van der Waals surface area contributed by atoms with Crippen molar-refractivity contribution in [2.24, 2.45) is 5.92 Å². The third-order valence-corrected chi connectivity index (χ3v) is 4.50. The first-order valence-electron chi connectivity index (χ1n) is 7.94. The van der Waals surface area contributed by atoms with Gasteiger partial charge in [-0.15, -0.1) is 0 Å². The summed E-state index contributed by atoms with van der Waals surface area (Å²) >= 11 is 0. The van der Waals surface area contributed by atoms with Gasteiger partial charge >= 0.3 is 0 Å². The Morgan fingerprint density at radius 2 is 2.10 bits per heavy atom. The molecule has 118 valence electrons. The molecule has 3 unspecified atom stereocenters. The SMILES string of the molecule is CCNC(CN1CCC(C)CC1C)c1cccc(F)c1F. The van der Waals surface area contributed by atoms with Crippen LogP contribution < -0.4 is 5.32 Å². The van der Waals surface area contributed by atoms with Crippen LogP contribution in [0.25, 0.3) is 0 Å². The number of nitrogens with zero attached hydrogens (tertiary/aromatic N) is 1. The number of benzene rings is 1. The number of rotatable bonds is 5. The third kappa shape index (κ3) is 4.01. The molecule has 1 aromatic carbocycles. The van der Waals surface area contributed by atoms with Crippen LogP contribution >= 0.6 is 0 Å². The Morgan fingerprint density at radius 3 is 2.76 bits per heavy atom. The molecule has 0 amide bonds. The van der Waals surface area contributed by atoms with E-state index in [-0.39, 0.29) is 6.04 Å². The molecule has 3 atom stereocenters. The fourth-order valence-electron chi connectivity index (χ4n) is 3.27. The normalized spacial score (nSPS) is 25.0. The number of halogens is 2. The van der Waals surface area contributed by atoms with E-state index in [0.29, 0.717) is 11.6 Å².